The smallest absolute Gasteiger partial charge is 0.232 e. The van der Waals surface area contributed by atoms with E-state index < -0.39 is 0 Å². The van der Waals surface area contributed by atoms with Crippen LogP contribution in [0, 0.1) is 0 Å². The molecule has 0 N–H and O–H groups in total. The van der Waals surface area contributed by atoms with Gasteiger partial charge < -0.3 is 18.9 Å². The molecule has 3 heterocycles. The quantitative estimate of drug-likeness (QED) is 0.685. The van der Waals surface area contributed by atoms with Crippen molar-refractivity contribution in [2.24, 2.45) is 0 Å². The highest BCUT2D eigenvalue weighted by molar-refractivity contribution is 5.96. The number of hydrogen-bond donors (Lipinski definition) is 0. The third-order valence-electron chi connectivity index (χ3n) is 4.48. The number of nitrogens with zero attached hydrogens (tertiary/aromatic N) is 4. The molecule has 1 saturated heterocycles. The maximum Gasteiger partial charge on any atom is 0.232 e. The number of ether oxygens (including phenoxy) is 2. The fourth-order valence-corrected chi connectivity index (χ4v) is 3.08. The van der Waals surface area contributed by atoms with Crippen LogP contribution in [0.5, 0.6) is 11.5 Å². The summed E-state index contributed by atoms with van der Waals surface area (Å²) >= 11 is 0. The maximum absolute atomic E-state index is 12.6. The van der Waals surface area contributed by atoms with Gasteiger partial charge in [-0.25, -0.2) is 0 Å². The summed E-state index contributed by atoms with van der Waals surface area (Å²) in [7, 11) is 3.15. The summed E-state index contributed by atoms with van der Waals surface area (Å²) in [6.45, 7) is 0.448. The number of benzene rings is 1. The van der Waals surface area contributed by atoms with E-state index in [4.69, 9.17) is 14.0 Å². The second-order valence-corrected chi connectivity index (χ2v) is 6.17. The zero-order chi connectivity index (χ0) is 18.8. The molecule has 1 aromatic carbocycles. The van der Waals surface area contributed by atoms with E-state index in [1.807, 2.05) is 12.1 Å². The fraction of sp³-hybridized carbons (Fsp3) is 0.263. The first-order chi connectivity index (χ1) is 13.2. The van der Waals surface area contributed by atoms with E-state index in [1.165, 1.54) is 0 Å². The highest BCUT2D eigenvalue weighted by Gasteiger charge is 2.35. The molecule has 1 aliphatic heterocycles. The molecule has 2 aromatic heterocycles. The molecule has 1 unspecified atom stereocenters. The SMILES string of the molecule is COc1cc(OC)cc(N2CC(c3nc(-c4cccnc4)no3)CC2=O)c1. The lowest BCUT2D eigenvalue weighted by atomic mass is 10.1. The van der Waals surface area contributed by atoms with E-state index in [2.05, 4.69) is 15.1 Å². The standard InChI is InChI=1S/C19H18N4O4/c1-25-15-7-14(8-16(9-15)26-2)23-11-13(6-17(23)24)19-21-18(22-27-19)12-4-3-5-20-10-12/h3-5,7-10,13H,6,11H2,1-2H3. The number of rotatable bonds is 5. The zero-order valence-electron chi connectivity index (χ0n) is 15.0. The second-order valence-electron chi connectivity index (χ2n) is 6.17. The monoisotopic (exact) mass is 366 g/mol. The van der Waals surface area contributed by atoms with E-state index in [0.717, 1.165) is 5.56 Å². The first kappa shape index (κ1) is 17.0. The number of methoxy groups -OCH3 is 2. The molecule has 0 bridgehead atoms. The molecule has 4 rings (SSSR count). The van der Waals surface area contributed by atoms with Gasteiger partial charge in [0.1, 0.15) is 11.5 Å². The second kappa shape index (κ2) is 7.06. The predicted molar refractivity (Wildman–Crippen MR) is 96.8 cm³/mol. The lowest BCUT2D eigenvalue weighted by molar-refractivity contribution is -0.117. The number of carbonyl (C=O) groups excluding carboxylic acids is 1. The van der Waals surface area contributed by atoms with E-state index >= 15 is 0 Å². The van der Waals surface area contributed by atoms with Crippen molar-refractivity contribution >= 4 is 11.6 Å². The van der Waals surface area contributed by atoms with Gasteiger partial charge in [0.2, 0.25) is 17.6 Å². The Balaban J connectivity index is 1.57. The molecule has 3 aromatic rings. The number of anilines is 1. The van der Waals surface area contributed by atoms with Crippen LogP contribution in [0.1, 0.15) is 18.2 Å². The van der Waals surface area contributed by atoms with Gasteiger partial charge in [-0.1, -0.05) is 5.16 Å². The van der Waals surface area contributed by atoms with Crippen molar-refractivity contribution in [3.63, 3.8) is 0 Å². The summed E-state index contributed by atoms with van der Waals surface area (Å²) in [5.74, 6) is 1.96. The van der Waals surface area contributed by atoms with Crippen LogP contribution >= 0.6 is 0 Å². The number of hydrogen-bond acceptors (Lipinski definition) is 7. The van der Waals surface area contributed by atoms with Crippen LogP contribution in [0.4, 0.5) is 5.69 Å². The third-order valence-corrected chi connectivity index (χ3v) is 4.48. The molecule has 1 fully saturated rings. The van der Waals surface area contributed by atoms with Gasteiger partial charge in [-0.05, 0) is 12.1 Å². The largest absolute Gasteiger partial charge is 0.497 e. The topological polar surface area (TPSA) is 90.6 Å². The predicted octanol–water partition coefficient (Wildman–Crippen LogP) is 2.67. The van der Waals surface area contributed by atoms with Crippen LogP contribution in [0.15, 0.2) is 47.2 Å². The minimum Gasteiger partial charge on any atom is -0.497 e. The van der Waals surface area contributed by atoms with Gasteiger partial charge in [0.15, 0.2) is 0 Å². The van der Waals surface area contributed by atoms with Crippen molar-refractivity contribution < 1.29 is 18.8 Å². The lowest BCUT2D eigenvalue weighted by Gasteiger charge is -2.18. The molecule has 0 aliphatic carbocycles. The minimum atomic E-state index is -0.174. The molecular formula is C19H18N4O4. The Kier molecular flexibility index (Phi) is 4.45. The summed E-state index contributed by atoms with van der Waals surface area (Å²) in [5, 5.41) is 4.01. The molecule has 1 aliphatic rings. The van der Waals surface area contributed by atoms with Gasteiger partial charge >= 0.3 is 0 Å². The molecule has 8 heteroatoms. The molecule has 1 atom stereocenters. The Hall–Kier alpha value is -3.42. The van der Waals surface area contributed by atoms with Crippen LogP contribution in [0.2, 0.25) is 0 Å². The molecule has 0 radical (unpaired) electrons. The average molecular weight is 366 g/mol. The van der Waals surface area contributed by atoms with E-state index in [0.29, 0.717) is 41.9 Å². The molecule has 1 amide bonds. The summed E-state index contributed by atoms with van der Waals surface area (Å²) in [4.78, 5) is 22.8. The summed E-state index contributed by atoms with van der Waals surface area (Å²) in [6.07, 6.45) is 3.65. The van der Waals surface area contributed by atoms with Crippen LogP contribution in [0.25, 0.3) is 11.4 Å². The van der Waals surface area contributed by atoms with Gasteiger partial charge in [0, 0.05) is 49.1 Å². The van der Waals surface area contributed by atoms with Crippen LogP contribution in [-0.2, 0) is 4.79 Å². The number of carbonyl (C=O) groups is 1. The van der Waals surface area contributed by atoms with Crippen LogP contribution in [-0.4, -0.2) is 41.8 Å². The Morgan fingerprint density at radius 1 is 1.19 bits per heavy atom. The van der Waals surface area contributed by atoms with Crippen molar-refractivity contribution in [1.82, 2.24) is 15.1 Å². The molecule has 138 valence electrons. The summed E-state index contributed by atoms with van der Waals surface area (Å²) in [6, 6.07) is 9.04. The molecular weight excluding hydrogens is 348 g/mol. The van der Waals surface area contributed by atoms with Gasteiger partial charge in [-0.3, -0.25) is 9.78 Å². The van der Waals surface area contributed by atoms with E-state index in [1.54, 1.807) is 49.7 Å². The van der Waals surface area contributed by atoms with Crippen LogP contribution < -0.4 is 14.4 Å². The van der Waals surface area contributed by atoms with Gasteiger partial charge in [-0.15, -0.1) is 0 Å². The molecule has 0 spiro atoms. The molecule has 8 nitrogen and oxygen atoms in total. The Morgan fingerprint density at radius 3 is 2.63 bits per heavy atom. The van der Waals surface area contributed by atoms with Crippen molar-refractivity contribution in [3.8, 4) is 22.9 Å². The highest BCUT2D eigenvalue weighted by atomic mass is 16.5. The zero-order valence-corrected chi connectivity index (χ0v) is 15.0. The maximum atomic E-state index is 12.6. The normalized spacial score (nSPS) is 16.6. The summed E-state index contributed by atoms with van der Waals surface area (Å²) < 4.78 is 16.0. The first-order valence-corrected chi connectivity index (χ1v) is 8.45. The average Bonchev–Trinajstić information content (AvgIpc) is 3.35. The number of aromatic nitrogens is 3. The van der Waals surface area contributed by atoms with Crippen molar-refractivity contribution in [1.29, 1.82) is 0 Å². The van der Waals surface area contributed by atoms with Crippen molar-refractivity contribution in [2.75, 3.05) is 25.7 Å². The van der Waals surface area contributed by atoms with E-state index in [9.17, 15) is 4.79 Å². The first-order valence-electron chi connectivity index (χ1n) is 8.45. The summed E-state index contributed by atoms with van der Waals surface area (Å²) in [5.41, 5.74) is 1.48. The Labute approximate surface area is 155 Å². The minimum absolute atomic E-state index is 0.0172. The van der Waals surface area contributed by atoms with E-state index in [-0.39, 0.29) is 11.8 Å². The third kappa shape index (κ3) is 3.33. The number of pyridine rings is 1. The Bertz CT molecular complexity index is 935. The van der Waals surface area contributed by atoms with Crippen LogP contribution in [0.3, 0.4) is 0 Å². The molecule has 27 heavy (non-hydrogen) atoms. The highest BCUT2D eigenvalue weighted by Crippen LogP contribution is 2.35. The van der Waals surface area contributed by atoms with Gasteiger partial charge in [0.25, 0.3) is 0 Å². The molecule has 0 saturated carbocycles. The lowest BCUT2D eigenvalue weighted by Crippen LogP contribution is -2.24. The Morgan fingerprint density at radius 2 is 1.96 bits per heavy atom. The number of amides is 1. The fourth-order valence-electron chi connectivity index (χ4n) is 3.08. The van der Waals surface area contributed by atoms with Crippen molar-refractivity contribution in [3.05, 3.63) is 48.6 Å². The van der Waals surface area contributed by atoms with Crippen molar-refractivity contribution in [2.45, 2.75) is 12.3 Å². The van der Waals surface area contributed by atoms with Gasteiger partial charge in [-0.2, -0.15) is 4.98 Å². The van der Waals surface area contributed by atoms with Gasteiger partial charge in [0.05, 0.1) is 25.8 Å².